The van der Waals surface area contributed by atoms with Gasteiger partial charge in [0.25, 0.3) is 0 Å². The minimum Gasteiger partial charge on any atom is -0.258 e. The molecule has 0 amide bonds. The van der Waals surface area contributed by atoms with Crippen LogP contribution >= 0.6 is 11.6 Å². The largest absolute Gasteiger partial charge is 0.329 e. The molecule has 1 saturated carbocycles. The lowest BCUT2D eigenvalue weighted by molar-refractivity contribution is -0.385. The predicted molar refractivity (Wildman–Crippen MR) is 76.4 cm³/mol. The van der Waals surface area contributed by atoms with E-state index < -0.39 is 4.92 Å². The van der Waals surface area contributed by atoms with Crippen LogP contribution < -0.4 is 0 Å². The fourth-order valence-electron chi connectivity index (χ4n) is 2.79. The summed E-state index contributed by atoms with van der Waals surface area (Å²) in [7, 11) is 0. The first-order valence-corrected chi connectivity index (χ1v) is 7.04. The first-order chi connectivity index (χ1) is 9.68. The number of benzene rings is 1. The van der Waals surface area contributed by atoms with Gasteiger partial charge < -0.3 is 0 Å². The molecule has 1 fully saturated rings. The number of aromatic nitrogens is 2. The van der Waals surface area contributed by atoms with Gasteiger partial charge in [0.15, 0.2) is 0 Å². The van der Waals surface area contributed by atoms with Crippen molar-refractivity contribution in [3.8, 4) is 5.69 Å². The van der Waals surface area contributed by atoms with Gasteiger partial charge in [0.2, 0.25) is 5.15 Å². The van der Waals surface area contributed by atoms with Crippen LogP contribution in [0.5, 0.6) is 0 Å². The van der Waals surface area contributed by atoms with Crippen molar-refractivity contribution >= 4 is 17.3 Å². The quantitative estimate of drug-likeness (QED) is 0.632. The maximum Gasteiger partial charge on any atom is 0.329 e. The Labute approximate surface area is 121 Å². The van der Waals surface area contributed by atoms with Crippen molar-refractivity contribution in [3.05, 3.63) is 51.3 Å². The van der Waals surface area contributed by atoms with Gasteiger partial charge in [-0.25, -0.2) is 4.68 Å². The predicted octanol–water partition coefficient (Wildman–Crippen LogP) is 4.09. The normalized spacial score (nSPS) is 15.7. The van der Waals surface area contributed by atoms with E-state index in [-0.39, 0.29) is 16.8 Å². The maximum atomic E-state index is 11.3. The number of halogens is 1. The summed E-state index contributed by atoms with van der Waals surface area (Å²) in [6, 6.07) is 9.26. The van der Waals surface area contributed by atoms with E-state index in [1.165, 1.54) is 4.68 Å². The zero-order chi connectivity index (χ0) is 14.1. The molecule has 0 aliphatic heterocycles. The van der Waals surface area contributed by atoms with Crippen molar-refractivity contribution in [2.45, 2.75) is 31.6 Å². The van der Waals surface area contributed by atoms with Gasteiger partial charge in [-0.2, -0.15) is 5.10 Å². The molecular formula is C14H14ClN3O2. The molecule has 5 nitrogen and oxygen atoms in total. The number of nitro groups is 1. The van der Waals surface area contributed by atoms with Crippen molar-refractivity contribution in [1.82, 2.24) is 9.78 Å². The Morgan fingerprint density at radius 2 is 1.90 bits per heavy atom. The number of rotatable bonds is 3. The van der Waals surface area contributed by atoms with Gasteiger partial charge in [-0.3, -0.25) is 10.1 Å². The average molecular weight is 292 g/mol. The van der Waals surface area contributed by atoms with E-state index in [1.54, 1.807) is 0 Å². The van der Waals surface area contributed by atoms with Crippen LogP contribution in [0.25, 0.3) is 5.69 Å². The molecule has 1 aliphatic rings. The third-order valence-corrected chi connectivity index (χ3v) is 4.10. The van der Waals surface area contributed by atoms with E-state index in [0.717, 1.165) is 31.4 Å². The summed E-state index contributed by atoms with van der Waals surface area (Å²) >= 11 is 6.20. The molecule has 104 valence electrons. The van der Waals surface area contributed by atoms with Crippen LogP contribution in [0.3, 0.4) is 0 Å². The van der Waals surface area contributed by atoms with Crippen molar-refractivity contribution in [1.29, 1.82) is 0 Å². The lowest BCUT2D eigenvalue weighted by Gasteiger charge is -2.03. The van der Waals surface area contributed by atoms with E-state index in [4.69, 9.17) is 11.6 Å². The second kappa shape index (κ2) is 5.25. The Kier molecular flexibility index (Phi) is 3.44. The second-order valence-electron chi connectivity index (χ2n) is 5.01. The molecule has 2 aromatic rings. The topological polar surface area (TPSA) is 61.0 Å². The summed E-state index contributed by atoms with van der Waals surface area (Å²) in [5.74, 6) is 0.151. The Bertz CT molecular complexity index is 633. The summed E-state index contributed by atoms with van der Waals surface area (Å²) in [6.45, 7) is 0. The molecule has 0 bridgehead atoms. The molecular weight excluding hydrogens is 278 g/mol. The van der Waals surface area contributed by atoms with Crippen LogP contribution in [0, 0.1) is 10.1 Å². The molecule has 0 radical (unpaired) electrons. The molecule has 1 aromatic heterocycles. The van der Waals surface area contributed by atoms with Gasteiger partial charge in [0.1, 0.15) is 5.69 Å². The number of para-hydroxylation sites is 1. The molecule has 6 heteroatoms. The van der Waals surface area contributed by atoms with Crippen LogP contribution in [0.1, 0.15) is 37.3 Å². The van der Waals surface area contributed by atoms with Crippen molar-refractivity contribution in [3.63, 3.8) is 0 Å². The first kappa shape index (κ1) is 13.1. The minimum absolute atomic E-state index is 0.0394. The Morgan fingerprint density at radius 1 is 1.25 bits per heavy atom. The molecule has 1 aromatic carbocycles. The van der Waals surface area contributed by atoms with Gasteiger partial charge in [0.05, 0.1) is 10.6 Å². The van der Waals surface area contributed by atoms with Crippen LogP contribution in [0.4, 0.5) is 5.69 Å². The van der Waals surface area contributed by atoms with Gasteiger partial charge in [0, 0.05) is 5.92 Å². The molecule has 1 heterocycles. The third-order valence-electron chi connectivity index (χ3n) is 3.76. The highest BCUT2D eigenvalue weighted by Crippen LogP contribution is 2.41. The van der Waals surface area contributed by atoms with E-state index in [1.807, 2.05) is 30.3 Å². The summed E-state index contributed by atoms with van der Waals surface area (Å²) in [4.78, 5) is 10.9. The molecule has 20 heavy (non-hydrogen) atoms. The zero-order valence-electron chi connectivity index (χ0n) is 10.8. The highest BCUT2D eigenvalue weighted by Gasteiger charge is 2.33. The summed E-state index contributed by atoms with van der Waals surface area (Å²) in [5, 5.41) is 15.8. The molecule has 0 atom stereocenters. The SMILES string of the molecule is O=[N+]([O-])c1c(C2CCCC2)nn(-c2ccccc2)c1Cl. The molecule has 3 rings (SSSR count). The summed E-state index contributed by atoms with van der Waals surface area (Å²) < 4.78 is 1.47. The fourth-order valence-corrected chi connectivity index (χ4v) is 3.09. The molecule has 0 spiro atoms. The number of hydrogen-bond acceptors (Lipinski definition) is 3. The molecule has 0 saturated heterocycles. The van der Waals surface area contributed by atoms with E-state index >= 15 is 0 Å². The highest BCUT2D eigenvalue weighted by atomic mass is 35.5. The van der Waals surface area contributed by atoms with E-state index in [2.05, 4.69) is 5.10 Å². The Hall–Kier alpha value is -1.88. The Balaban J connectivity index is 2.13. The van der Waals surface area contributed by atoms with Crippen LogP contribution in [-0.4, -0.2) is 14.7 Å². The van der Waals surface area contributed by atoms with Gasteiger partial charge >= 0.3 is 5.69 Å². The average Bonchev–Trinajstić information content (AvgIpc) is 3.06. The van der Waals surface area contributed by atoms with Gasteiger partial charge in [-0.05, 0) is 25.0 Å². The smallest absolute Gasteiger partial charge is 0.258 e. The third kappa shape index (κ3) is 2.18. The van der Waals surface area contributed by atoms with Crippen molar-refractivity contribution in [2.75, 3.05) is 0 Å². The summed E-state index contributed by atoms with van der Waals surface area (Å²) in [6.07, 6.45) is 4.08. The number of nitrogens with zero attached hydrogens (tertiary/aromatic N) is 3. The molecule has 0 N–H and O–H groups in total. The molecule has 1 aliphatic carbocycles. The van der Waals surface area contributed by atoms with Crippen LogP contribution in [0.15, 0.2) is 30.3 Å². The van der Waals surface area contributed by atoms with Crippen molar-refractivity contribution < 1.29 is 4.92 Å². The number of hydrogen-bond donors (Lipinski definition) is 0. The second-order valence-corrected chi connectivity index (χ2v) is 5.37. The van der Waals surface area contributed by atoms with Crippen LogP contribution in [-0.2, 0) is 0 Å². The van der Waals surface area contributed by atoms with Crippen LogP contribution in [0.2, 0.25) is 5.15 Å². The monoisotopic (exact) mass is 291 g/mol. The van der Waals surface area contributed by atoms with Gasteiger partial charge in [-0.1, -0.05) is 42.6 Å². The van der Waals surface area contributed by atoms with E-state index in [9.17, 15) is 10.1 Å². The lowest BCUT2D eigenvalue weighted by Crippen LogP contribution is -2.00. The summed E-state index contributed by atoms with van der Waals surface area (Å²) in [5.41, 5.74) is 1.23. The standard InChI is InChI=1S/C14H14ClN3O2/c15-14-13(18(19)20)12(10-6-4-5-7-10)16-17(14)11-8-2-1-3-9-11/h1-3,8-10H,4-7H2. The zero-order valence-corrected chi connectivity index (χ0v) is 11.6. The fraction of sp³-hybridized carbons (Fsp3) is 0.357. The van der Waals surface area contributed by atoms with E-state index in [0.29, 0.717) is 5.69 Å². The minimum atomic E-state index is -0.414. The maximum absolute atomic E-state index is 11.3. The Morgan fingerprint density at radius 3 is 2.50 bits per heavy atom. The molecule has 0 unspecified atom stereocenters. The van der Waals surface area contributed by atoms with Crippen molar-refractivity contribution in [2.24, 2.45) is 0 Å². The highest BCUT2D eigenvalue weighted by molar-refractivity contribution is 6.32. The van der Waals surface area contributed by atoms with Gasteiger partial charge in [-0.15, -0.1) is 0 Å². The lowest BCUT2D eigenvalue weighted by atomic mass is 10.0. The first-order valence-electron chi connectivity index (χ1n) is 6.66.